The van der Waals surface area contributed by atoms with Gasteiger partial charge in [-0.3, -0.25) is 4.90 Å². The van der Waals surface area contributed by atoms with Crippen LogP contribution in [0.4, 0.5) is 4.79 Å². The number of hydrogen-bond acceptors (Lipinski definition) is 4. The van der Waals surface area contributed by atoms with Crippen molar-refractivity contribution in [1.82, 2.24) is 9.80 Å². The Morgan fingerprint density at radius 1 is 0.844 bits per heavy atom. The number of amides is 1. The number of rotatable bonds is 3. The molecule has 0 unspecified atom stereocenters. The average molecular weight is 427 g/mol. The van der Waals surface area contributed by atoms with Gasteiger partial charge in [0.2, 0.25) is 0 Å². The van der Waals surface area contributed by atoms with Gasteiger partial charge in [-0.05, 0) is 33.4 Å². The highest BCUT2D eigenvalue weighted by Gasteiger charge is 2.40. The van der Waals surface area contributed by atoms with Crippen LogP contribution in [0.3, 0.4) is 0 Å². The topological polar surface area (TPSA) is 53.0 Å². The monoisotopic (exact) mass is 426 g/mol. The molecule has 2 atom stereocenters. The minimum atomic E-state index is -0.565. The number of aliphatic hydroxyl groups is 1. The van der Waals surface area contributed by atoms with Crippen molar-refractivity contribution >= 4 is 6.09 Å². The molecule has 0 spiro atoms. The van der Waals surface area contributed by atoms with Gasteiger partial charge in [0.25, 0.3) is 0 Å². The molecule has 5 heteroatoms. The van der Waals surface area contributed by atoms with Crippen molar-refractivity contribution in [2.45, 2.75) is 31.2 Å². The molecule has 0 saturated carbocycles. The number of carbonyl (C=O) groups is 1. The normalized spacial score (nSPS) is 22.0. The van der Waals surface area contributed by atoms with Gasteiger partial charge in [-0.2, -0.15) is 0 Å². The molecule has 162 valence electrons. The molecule has 3 aromatic rings. The van der Waals surface area contributed by atoms with Gasteiger partial charge in [0, 0.05) is 25.6 Å². The van der Waals surface area contributed by atoms with E-state index in [2.05, 4.69) is 53.4 Å². The lowest BCUT2D eigenvalue weighted by atomic mass is 9.98. The molecule has 6 rings (SSSR count). The van der Waals surface area contributed by atoms with Crippen molar-refractivity contribution < 1.29 is 14.6 Å². The Hall–Kier alpha value is -3.15. The van der Waals surface area contributed by atoms with E-state index >= 15 is 0 Å². The molecule has 3 aliphatic rings. The molecule has 32 heavy (non-hydrogen) atoms. The maximum Gasteiger partial charge on any atom is 0.409 e. The highest BCUT2D eigenvalue weighted by atomic mass is 16.6. The molecular weight excluding hydrogens is 400 g/mol. The van der Waals surface area contributed by atoms with Gasteiger partial charge in [0.1, 0.15) is 6.61 Å². The van der Waals surface area contributed by atoms with E-state index in [0.29, 0.717) is 19.7 Å². The van der Waals surface area contributed by atoms with Crippen LogP contribution in [0.5, 0.6) is 0 Å². The Morgan fingerprint density at radius 2 is 1.41 bits per heavy atom. The van der Waals surface area contributed by atoms with Gasteiger partial charge >= 0.3 is 6.09 Å². The summed E-state index contributed by atoms with van der Waals surface area (Å²) in [4.78, 5) is 16.9. The summed E-state index contributed by atoms with van der Waals surface area (Å²) in [6.07, 6.45) is -0.907. The molecule has 2 aliphatic heterocycles. The largest absolute Gasteiger partial charge is 0.448 e. The van der Waals surface area contributed by atoms with Crippen molar-refractivity contribution in [2.24, 2.45) is 0 Å². The summed E-state index contributed by atoms with van der Waals surface area (Å²) >= 11 is 0. The van der Waals surface area contributed by atoms with Crippen LogP contribution in [0, 0.1) is 0 Å². The first-order chi connectivity index (χ1) is 15.7. The van der Waals surface area contributed by atoms with Crippen LogP contribution in [-0.2, 0) is 17.8 Å². The average Bonchev–Trinajstić information content (AvgIpc) is 3.51. The number of likely N-dealkylation sites (tertiary alicyclic amines) is 1. The number of aliphatic hydroxyl groups excluding tert-OH is 1. The number of nitrogens with zero attached hydrogens (tertiary/aromatic N) is 2. The van der Waals surface area contributed by atoms with Crippen LogP contribution in [-0.4, -0.2) is 52.8 Å². The molecule has 1 saturated heterocycles. The quantitative estimate of drug-likeness (QED) is 0.688. The lowest BCUT2D eigenvalue weighted by Gasteiger charge is -2.25. The Bertz CT molecular complexity index is 1110. The van der Waals surface area contributed by atoms with Crippen LogP contribution in [0.25, 0.3) is 11.1 Å². The van der Waals surface area contributed by atoms with Crippen molar-refractivity contribution in [3.63, 3.8) is 0 Å². The van der Waals surface area contributed by atoms with E-state index in [9.17, 15) is 9.90 Å². The molecule has 0 bridgehead atoms. The number of hydrogen-bond donors (Lipinski definition) is 1. The maximum absolute atomic E-state index is 12.9. The molecule has 1 amide bonds. The third-order valence-electron chi connectivity index (χ3n) is 7.19. The summed E-state index contributed by atoms with van der Waals surface area (Å²) in [6, 6.07) is 25.0. The summed E-state index contributed by atoms with van der Waals surface area (Å²) in [6.45, 7) is 2.74. The highest BCUT2D eigenvalue weighted by Crippen LogP contribution is 2.44. The van der Waals surface area contributed by atoms with Gasteiger partial charge in [0.05, 0.1) is 18.7 Å². The van der Waals surface area contributed by atoms with E-state index < -0.39 is 6.10 Å². The second kappa shape index (κ2) is 7.76. The fourth-order valence-electron chi connectivity index (χ4n) is 5.56. The van der Waals surface area contributed by atoms with Crippen LogP contribution in [0.2, 0.25) is 0 Å². The molecular formula is C27H26N2O3. The predicted octanol–water partition coefficient (Wildman–Crippen LogP) is 4.00. The fraction of sp³-hybridized carbons (Fsp3) is 0.296. The zero-order chi connectivity index (χ0) is 21.7. The van der Waals surface area contributed by atoms with Gasteiger partial charge in [-0.1, -0.05) is 72.8 Å². The summed E-state index contributed by atoms with van der Waals surface area (Å²) in [7, 11) is 0. The number of ether oxygens (including phenoxy) is 1. The molecule has 0 radical (unpaired) electrons. The zero-order valence-corrected chi connectivity index (χ0v) is 17.9. The van der Waals surface area contributed by atoms with Crippen LogP contribution < -0.4 is 0 Å². The standard InChI is InChI=1S/C27H26N2O3/c30-26-16-29(15-25(26)28-13-18-7-1-2-8-19(18)14-28)27(31)32-17-24-22-11-5-3-9-20(22)21-10-4-6-12-23(21)24/h1-12,24-26,30H,13-17H2/t25-,26-/m1/s1. The maximum atomic E-state index is 12.9. The molecule has 0 aromatic heterocycles. The second-order valence-electron chi connectivity index (χ2n) is 9.02. The Balaban J connectivity index is 1.13. The van der Waals surface area contributed by atoms with E-state index in [-0.39, 0.29) is 18.1 Å². The van der Waals surface area contributed by atoms with Crippen molar-refractivity contribution in [1.29, 1.82) is 0 Å². The lowest BCUT2D eigenvalue weighted by molar-refractivity contribution is 0.0808. The summed E-state index contributed by atoms with van der Waals surface area (Å²) in [5, 5.41) is 10.7. The molecule has 1 aliphatic carbocycles. The van der Waals surface area contributed by atoms with Gasteiger partial charge < -0.3 is 14.7 Å². The predicted molar refractivity (Wildman–Crippen MR) is 122 cm³/mol. The SMILES string of the molecule is O=C(OCC1c2ccccc2-c2ccccc21)N1C[C@@H](O)[C@H](N2Cc3ccccc3C2)C1. The number of carbonyl (C=O) groups excluding carboxylic acids is 1. The number of β-amino-alcohol motifs (C(OH)–C–C–N with tert-alkyl or cyclic N) is 1. The van der Waals surface area contributed by atoms with E-state index in [1.54, 1.807) is 4.90 Å². The van der Waals surface area contributed by atoms with Gasteiger partial charge in [-0.15, -0.1) is 0 Å². The first kappa shape index (κ1) is 19.5. The summed E-state index contributed by atoms with van der Waals surface area (Å²) < 4.78 is 5.80. The minimum absolute atomic E-state index is 0.0442. The first-order valence-corrected chi connectivity index (χ1v) is 11.3. The molecule has 1 N–H and O–H groups in total. The third-order valence-corrected chi connectivity index (χ3v) is 7.19. The second-order valence-corrected chi connectivity index (χ2v) is 9.02. The lowest BCUT2D eigenvalue weighted by Crippen LogP contribution is -2.40. The molecule has 1 fully saturated rings. The summed E-state index contributed by atoms with van der Waals surface area (Å²) in [5.41, 5.74) is 7.45. The molecule has 3 aromatic carbocycles. The van der Waals surface area contributed by atoms with E-state index in [1.165, 1.54) is 33.4 Å². The smallest absolute Gasteiger partial charge is 0.409 e. The van der Waals surface area contributed by atoms with Crippen molar-refractivity contribution in [3.05, 3.63) is 95.1 Å². The van der Waals surface area contributed by atoms with Crippen LogP contribution >= 0.6 is 0 Å². The number of benzene rings is 3. The van der Waals surface area contributed by atoms with E-state index in [0.717, 1.165) is 13.1 Å². The Kier molecular flexibility index (Phi) is 4.74. The Labute approximate surface area is 187 Å². The highest BCUT2D eigenvalue weighted by molar-refractivity contribution is 5.79. The molecule has 2 heterocycles. The van der Waals surface area contributed by atoms with Crippen molar-refractivity contribution in [2.75, 3.05) is 19.7 Å². The van der Waals surface area contributed by atoms with Crippen LogP contribution in [0.15, 0.2) is 72.8 Å². The molecule has 5 nitrogen and oxygen atoms in total. The van der Waals surface area contributed by atoms with Crippen molar-refractivity contribution in [3.8, 4) is 11.1 Å². The Morgan fingerprint density at radius 3 is 2.03 bits per heavy atom. The van der Waals surface area contributed by atoms with Gasteiger partial charge in [0.15, 0.2) is 0 Å². The van der Waals surface area contributed by atoms with Gasteiger partial charge in [-0.25, -0.2) is 4.79 Å². The first-order valence-electron chi connectivity index (χ1n) is 11.3. The third kappa shape index (κ3) is 3.20. The van der Waals surface area contributed by atoms with E-state index in [4.69, 9.17) is 4.74 Å². The minimum Gasteiger partial charge on any atom is -0.448 e. The summed E-state index contributed by atoms with van der Waals surface area (Å²) in [5.74, 6) is 0.0442. The van der Waals surface area contributed by atoms with E-state index in [1.807, 2.05) is 24.3 Å². The number of fused-ring (bicyclic) bond motifs is 4. The zero-order valence-electron chi connectivity index (χ0n) is 17.9. The van der Waals surface area contributed by atoms with Crippen LogP contribution in [0.1, 0.15) is 28.2 Å². The fourth-order valence-corrected chi connectivity index (χ4v) is 5.56.